The molecule has 1 aromatic carbocycles. The summed E-state index contributed by atoms with van der Waals surface area (Å²) in [5, 5.41) is 3.00. The molecule has 0 aliphatic heterocycles. The van der Waals surface area contributed by atoms with Crippen LogP contribution in [0.4, 0.5) is 0 Å². The van der Waals surface area contributed by atoms with Gasteiger partial charge in [-0.05, 0) is 37.1 Å². The van der Waals surface area contributed by atoms with Crippen LogP contribution in [0.2, 0.25) is 0 Å². The molecule has 3 N–H and O–H groups in total. The van der Waals surface area contributed by atoms with Crippen molar-refractivity contribution in [2.75, 3.05) is 6.54 Å². The number of hydrogen-bond acceptors (Lipinski definition) is 2. The summed E-state index contributed by atoms with van der Waals surface area (Å²) in [4.78, 5) is 11.8. The highest BCUT2D eigenvalue weighted by Gasteiger charge is 2.13. The van der Waals surface area contributed by atoms with Crippen molar-refractivity contribution in [3.63, 3.8) is 0 Å². The van der Waals surface area contributed by atoms with E-state index in [1.807, 2.05) is 31.2 Å². The standard InChI is InChI=1S/C14H21BrN2O/c1-3-11(9-16)8-14(18)17-10(2)12-4-6-13(15)7-5-12/h4-7,10-11H,3,8-9,16H2,1-2H3,(H,17,18)/t10-,11?/m0/s1. The van der Waals surface area contributed by atoms with Gasteiger partial charge in [0.1, 0.15) is 0 Å². The number of rotatable bonds is 6. The number of nitrogens with one attached hydrogen (secondary N) is 1. The van der Waals surface area contributed by atoms with E-state index >= 15 is 0 Å². The predicted octanol–water partition coefficient (Wildman–Crippen LogP) is 3.00. The Bertz CT molecular complexity index is 374. The van der Waals surface area contributed by atoms with Gasteiger partial charge in [-0.1, -0.05) is 41.4 Å². The molecule has 0 aromatic heterocycles. The number of hydrogen-bond donors (Lipinski definition) is 2. The van der Waals surface area contributed by atoms with Crippen molar-refractivity contribution in [1.82, 2.24) is 5.32 Å². The zero-order valence-electron chi connectivity index (χ0n) is 10.9. The molecule has 0 spiro atoms. The Hall–Kier alpha value is -0.870. The van der Waals surface area contributed by atoms with E-state index in [1.54, 1.807) is 0 Å². The van der Waals surface area contributed by atoms with Crippen molar-refractivity contribution in [1.29, 1.82) is 0 Å². The summed E-state index contributed by atoms with van der Waals surface area (Å²) in [7, 11) is 0. The summed E-state index contributed by atoms with van der Waals surface area (Å²) >= 11 is 3.40. The highest BCUT2D eigenvalue weighted by molar-refractivity contribution is 9.10. The molecule has 1 rings (SSSR count). The molecule has 0 aliphatic carbocycles. The molecule has 0 bridgehead atoms. The molecule has 0 saturated carbocycles. The second-order valence-electron chi connectivity index (χ2n) is 4.55. The van der Waals surface area contributed by atoms with Gasteiger partial charge in [0.15, 0.2) is 0 Å². The first-order valence-electron chi connectivity index (χ1n) is 6.31. The molecule has 4 heteroatoms. The van der Waals surface area contributed by atoms with E-state index in [-0.39, 0.29) is 17.9 Å². The molecule has 100 valence electrons. The van der Waals surface area contributed by atoms with Crippen LogP contribution >= 0.6 is 15.9 Å². The first-order chi connectivity index (χ1) is 8.56. The quantitative estimate of drug-likeness (QED) is 0.848. The van der Waals surface area contributed by atoms with Crippen molar-refractivity contribution < 1.29 is 4.79 Å². The number of benzene rings is 1. The largest absolute Gasteiger partial charge is 0.350 e. The maximum atomic E-state index is 11.8. The van der Waals surface area contributed by atoms with Gasteiger partial charge in [0, 0.05) is 10.9 Å². The van der Waals surface area contributed by atoms with Crippen LogP contribution in [0.1, 0.15) is 38.3 Å². The maximum Gasteiger partial charge on any atom is 0.220 e. The Labute approximate surface area is 117 Å². The molecule has 0 heterocycles. The van der Waals surface area contributed by atoms with E-state index in [4.69, 9.17) is 5.73 Å². The predicted molar refractivity (Wildman–Crippen MR) is 78.2 cm³/mol. The zero-order chi connectivity index (χ0) is 13.5. The number of nitrogens with two attached hydrogens (primary N) is 1. The van der Waals surface area contributed by atoms with Gasteiger partial charge in [0.2, 0.25) is 5.91 Å². The van der Waals surface area contributed by atoms with Crippen LogP contribution in [-0.4, -0.2) is 12.5 Å². The van der Waals surface area contributed by atoms with Crippen molar-refractivity contribution in [3.8, 4) is 0 Å². The minimum atomic E-state index is 0.0286. The van der Waals surface area contributed by atoms with E-state index in [2.05, 4.69) is 28.2 Å². The Morgan fingerprint density at radius 3 is 2.50 bits per heavy atom. The summed E-state index contributed by atoms with van der Waals surface area (Å²) in [6.07, 6.45) is 1.45. The van der Waals surface area contributed by atoms with Crippen molar-refractivity contribution in [2.45, 2.75) is 32.7 Å². The molecule has 2 atom stereocenters. The van der Waals surface area contributed by atoms with Gasteiger partial charge in [0.05, 0.1) is 6.04 Å². The van der Waals surface area contributed by atoms with E-state index in [9.17, 15) is 4.79 Å². The topological polar surface area (TPSA) is 55.1 Å². The fourth-order valence-corrected chi connectivity index (χ4v) is 2.06. The molecule has 1 amide bonds. The van der Waals surface area contributed by atoms with Crippen LogP contribution in [0.25, 0.3) is 0 Å². The van der Waals surface area contributed by atoms with Crippen LogP contribution in [0.5, 0.6) is 0 Å². The molecule has 18 heavy (non-hydrogen) atoms. The Balaban J connectivity index is 2.51. The monoisotopic (exact) mass is 312 g/mol. The van der Waals surface area contributed by atoms with Crippen molar-refractivity contribution >= 4 is 21.8 Å². The molecular weight excluding hydrogens is 292 g/mol. The molecule has 0 saturated heterocycles. The van der Waals surface area contributed by atoms with Gasteiger partial charge in [0.25, 0.3) is 0 Å². The molecule has 0 radical (unpaired) electrons. The van der Waals surface area contributed by atoms with Crippen LogP contribution in [0, 0.1) is 5.92 Å². The van der Waals surface area contributed by atoms with Crippen LogP contribution in [0.3, 0.4) is 0 Å². The molecule has 0 fully saturated rings. The lowest BCUT2D eigenvalue weighted by molar-refractivity contribution is -0.122. The minimum absolute atomic E-state index is 0.0286. The molecular formula is C14H21BrN2O. The lowest BCUT2D eigenvalue weighted by Crippen LogP contribution is -2.30. The van der Waals surface area contributed by atoms with E-state index in [0.29, 0.717) is 13.0 Å². The van der Waals surface area contributed by atoms with E-state index in [1.165, 1.54) is 0 Å². The molecule has 0 aliphatic rings. The first kappa shape index (κ1) is 15.2. The number of halogens is 1. The fourth-order valence-electron chi connectivity index (χ4n) is 1.79. The Morgan fingerprint density at radius 1 is 1.39 bits per heavy atom. The fraction of sp³-hybridized carbons (Fsp3) is 0.500. The first-order valence-corrected chi connectivity index (χ1v) is 7.11. The van der Waals surface area contributed by atoms with Crippen LogP contribution in [-0.2, 0) is 4.79 Å². The number of carbonyl (C=O) groups is 1. The zero-order valence-corrected chi connectivity index (χ0v) is 12.5. The second kappa shape index (κ2) is 7.54. The number of amides is 1. The van der Waals surface area contributed by atoms with E-state index < -0.39 is 0 Å². The van der Waals surface area contributed by atoms with Gasteiger partial charge in [-0.3, -0.25) is 4.79 Å². The summed E-state index contributed by atoms with van der Waals surface area (Å²) < 4.78 is 1.04. The van der Waals surface area contributed by atoms with Crippen LogP contribution < -0.4 is 11.1 Å². The third-order valence-corrected chi connectivity index (χ3v) is 3.66. The molecule has 1 unspecified atom stereocenters. The Morgan fingerprint density at radius 2 is 2.00 bits per heavy atom. The van der Waals surface area contributed by atoms with E-state index in [0.717, 1.165) is 16.5 Å². The van der Waals surface area contributed by atoms with Gasteiger partial charge in [-0.25, -0.2) is 0 Å². The van der Waals surface area contributed by atoms with Gasteiger partial charge < -0.3 is 11.1 Å². The van der Waals surface area contributed by atoms with Gasteiger partial charge in [-0.15, -0.1) is 0 Å². The average Bonchev–Trinajstić information content (AvgIpc) is 2.36. The molecule has 3 nitrogen and oxygen atoms in total. The summed E-state index contributed by atoms with van der Waals surface area (Å²) in [5.41, 5.74) is 6.71. The summed E-state index contributed by atoms with van der Waals surface area (Å²) in [5.74, 6) is 0.352. The van der Waals surface area contributed by atoms with Gasteiger partial charge >= 0.3 is 0 Å². The highest BCUT2D eigenvalue weighted by Crippen LogP contribution is 2.17. The minimum Gasteiger partial charge on any atom is -0.350 e. The molecule has 1 aromatic rings. The SMILES string of the molecule is CCC(CN)CC(=O)N[C@@H](C)c1ccc(Br)cc1. The third-order valence-electron chi connectivity index (χ3n) is 3.13. The average molecular weight is 313 g/mol. The van der Waals surface area contributed by atoms with Crippen molar-refractivity contribution in [3.05, 3.63) is 34.3 Å². The summed E-state index contributed by atoms with van der Waals surface area (Å²) in [6, 6.07) is 8.00. The smallest absolute Gasteiger partial charge is 0.220 e. The normalized spacial score (nSPS) is 14.0. The van der Waals surface area contributed by atoms with Crippen molar-refractivity contribution in [2.24, 2.45) is 11.7 Å². The lowest BCUT2D eigenvalue weighted by Gasteiger charge is -2.17. The number of carbonyl (C=O) groups excluding carboxylic acids is 1. The highest BCUT2D eigenvalue weighted by atomic mass is 79.9. The lowest BCUT2D eigenvalue weighted by atomic mass is 10.0. The van der Waals surface area contributed by atoms with Gasteiger partial charge in [-0.2, -0.15) is 0 Å². The Kier molecular flexibility index (Phi) is 6.36. The third kappa shape index (κ3) is 4.78. The second-order valence-corrected chi connectivity index (χ2v) is 5.47. The maximum absolute atomic E-state index is 11.8. The van der Waals surface area contributed by atoms with Crippen LogP contribution in [0.15, 0.2) is 28.7 Å². The summed E-state index contributed by atoms with van der Waals surface area (Å²) in [6.45, 7) is 4.62.